The van der Waals surface area contributed by atoms with E-state index in [1.54, 1.807) is 24.3 Å². The number of halogens is 4. The second kappa shape index (κ2) is 7.59. The molecule has 21 heavy (non-hydrogen) atoms. The zero-order valence-electron chi connectivity index (χ0n) is 11.5. The van der Waals surface area contributed by atoms with Crippen molar-refractivity contribution in [3.05, 3.63) is 56.2 Å². The molecule has 2 aromatic carbocycles. The van der Waals surface area contributed by atoms with Crippen LogP contribution in [0.25, 0.3) is 11.1 Å². The highest BCUT2D eigenvalue weighted by molar-refractivity contribution is 9.10. The Bertz CT molecular complexity index is 646. The van der Waals surface area contributed by atoms with E-state index in [1.807, 2.05) is 6.07 Å². The van der Waals surface area contributed by atoms with Crippen molar-refractivity contribution < 1.29 is 4.39 Å². The highest BCUT2D eigenvalue weighted by Gasteiger charge is 2.13. The van der Waals surface area contributed by atoms with Gasteiger partial charge in [0.1, 0.15) is 0 Å². The zero-order chi connectivity index (χ0) is 15.4. The summed E-state index contributed by atoms with van der Waals surface area (Å²) in [5.74, 6) is -0.430. The molecule has 0 aliphatic carbocycles. The fraction of sp³-hybridized carbons (Fsp3) is 0.250. The molecule has 0 bridgehead atoms. The molecule has 1 N–H and O–H groups in total. The quantitative estimate of drug-likeness (QED) is 0.483. The molecule has 0 unspecified atom stereocenters. The van der Waals surface area contributed by atoms with Crippen molar-refractivity contribution in [3.8, 4) is 11.1 Å². The van der Waals surface area contributed by atoms with Gasteiger partial charge in [-0.1, -0.05) is 42.3 Å². The van der Waals surface area contributed by atoms with Gasteiger partial charge in [-0.3, -0.25) is 0 Å². The lowest BCUT2D eigenvalue weighted by Gasteiger charge is -2.11. The maximum absolute atomic E-state index is 14.3. The summed E-state index contributed by atoms with van der Waals surface area (Å²) in [5.41, 5.74) is 2.18. The van der Waals surface area contributed by atoms with Crippen molar-refractivity contribution in [2.24, 2.45) is 0 Å². The van der Waals surface area contributed by atoms with Crippen molar-refractivity contribution in [1.82, 2.24) is 5.32 Å². The van der Waals surface area contributed by atoms with Crippen LogP contribution in [-0.4, -0.2) is 6.54 Å². The van der Waals surface area contributed by atoms with Gasteiger partial charge in [-0.25, -0.2) is 4.39 Å². The van der Waals surface area contributed by atoms with Crippen LogP contribution in [0.1, 0.15) is 18.9 Å². The topological polar surface area (TPSA) is 12.0 Å². The Morgan fingerprint density at radius 1 is 1.19 bits per heavy atom. The Morgan fingerprint density at radius 2 is 1.95 bits per heavy atom. The summed E-state index contributed by atoms with van der Waals surface area (Å²) in [7, 11) is 0. The molecule has 2 rings (SSSR count). The molecule has 1 nitrogen and oxygen atoms in total. The Labute approximate surface area is 142 Å². The van der Waals surface area contributed by atoms with Crippen LogP contribution in [0.3, 0.4) is 0 Å². The predicted octanol–water partition coefficient (Wildman–Crippen LogP) is 6.06. The van der Waals surface area contributed by atoms with Crippen LogP contribution in [0.2, 0.25) is 10.0 Å². The summed E-state index contributed by atoms with van der Waals surface area (Å²) in [5, 5.41) is 4.06. The molecule has 2 aromatic rings. The highest BCUT2D eigenvalue weighted by atomic mass is 79.9. The standard InChI is InChI=1S/C16H15BrCl2FN/c1-2-7-21-9-11-8-10(3-6-14(11)18)12-4-5-13(17)15(19)16(12)20/h3-6,8,21H,2,7,9H2,1H3. The largest absolute Gasteiger partial charge is 0.313 e. The first-order chi connectivity index (χ1) is 10.0. The third-order valence-corrected chi connectivity index (χ3v) is 4.76. The minimum Gasteiger partial charge on any atom is -0.313 e. The molecule has 0 aliphatic rings. The van der Waals surface area contributed by atoms with Crippen molar-refractivity contribution in [3.63, 3.8) is 0 Å². The van der Waals surface area contributed by atoms with Crippen molar-refractivity contribution in [2.45, 2.75) is 19.9 Å². The van der Waals surface area contributed by atoms with Crippen LogP contribution >= 0.6 is 39.1 Å². The van der Waals surface area contributed by atoms with Crippen LogP contribution in [0.15, 0.2) is 34.8 Å². The summed E-state index contributed by atoms with van der Waals surface area (Å²) in [6, 6.07) is 8.93. The van der Waals surface area contributed by atoms with E-state index in [0.29, 0.717) is 21.6 Å². The molecule has 0 heterocycles. The first kappa shape index (κ1) is 16.8. The molecule has 0 amide bonds. The van der Waals surface area contributed by atoms with E-state index in [4.69, 9.17) is 23.2 Å². The van der Waals surface area contributed by atoms with E-state index in [2.05, 4.69) is 28.2 Å². The molecule has 0 spiro atoms. The van der Waals surface area contributed by atoms with E-state index in [1.165, 1.54) is 0 Å². The monoisotopic (exact) mass is 389 g/mol. The second-order valence-electron chi connectivity index (χ2n) is 4.71. The summed E-state index contributed by atoms with van der Waals surface area (Å²) in [4.78, 5) is 0. The van der Waals surface area contributed by atoms with Gasteiger partial charge in [0.2, 0.25) is 0 Å². The van der Waals surface area contributed by atoms with Crippen LogP contribution in [0.4, 0.5) is 4.39 Å². The maximum atomic E-state index is 14.3. The minimum absolute atomic E-state index is 0.0908. The van der Waals surface area contributed by atoms with Crippen LogP contribution in [0, 0.1) is 5.82 Å². The molecular weight excluding hydrogens is 376 g/mol. The van der Waals surface area contributed by atoms with E-state index >= 15 is 0 Å². The van der Waals surface area contributed by atoms with Gasteiger partial charge in [0, 0.05) is 21.6 Å². The van der Waals surface area contributed by atoms with Gasteiger partial charge in [0.15, 0.2) is 5.82 Å². The lowest BCUT2D eigenvalue weighted by Crippen LogP contribution is -2.14. The number of hydrogen-bond acceptors (Lipinski definition) is 1. The molecule has 0 aliphatic heterocycles. The lowest BCUT2D eigenvalue weighted by atomic mass is 10.0. The Balaban J connectivity index is 2.37. The second-order valence-corrected chi connectivity index (χ2v) is 6.35. The third-order valence-electron chi connectivity index (χ3n) is 3.13. The van der Waals surface area contributed by atoms with Gasteiger partial charge in [0.25, 0.3) is 0 Å². The molecule has 0 saturated heterocycles. The fourth-order valence-corrected chi connectivity index (χ4v) is 2.68. The average molecular weight is 391 g/mol. The van der Waals surface area contributed by atoms with Crippen LogP contribution in [0.5, 0.6) is 0 Å². The van der Waals surface area contributed by atoms with E-state index in [-0.39, 0.29) is 5.02 Å². The van der Waals surface area contributed by atoms with Gasteiger partial charge in [0.05, 0.1) is 5.02 Å². The first-order valence-electron chi connectivity index (χ1n) is 6.67. The van der Waals surface area contributed by atoms with Crippen LogP contribution in [-0.2, 0) is 6.54 Å². The summed E-state index contributed by atoms with van der Waals surface area (Å²) in [6.07, 6.45) is 1.05. The summed E-state index contributed by atoms with van der Waals surface area (Å²) in [6.45, 7) is 3.68. The molecular formula is C16H15BrCl2FN. The molecule has 0 aromatic heterocycles. The smallest absolute Gasteiger partial charge is 0.150 e. The average Bonchev–Trinajstić information content (AvgIpc) is 2.47. The maximum Gasteiger partial charge on any atom is 0.150 e. The van der Waals surface area contributed by atoms with Gasteiger partial charge >= 0.3 is 0 Å². The number of hydrogen-bond donors (Lipinski definition) is 1. The predicted molar refractivity (Wildman–Crippen MR) is 91.6 cm³/mol. The molecule has 112 valence electrons. The zero-order valence-corrected chi connectivity index (χ0v) is 14.6. The Hall–Kier alpha value is -0.610. The van der Waals surface area contributed by atoms with E-state index < -0.39 is 5.82 Å². The van der Waals surface area contributed by atoms with Crippen LogP contribution < -0.4 is 5.32 Å². The van der Waals surface area contributed by atoms with Crippen molar-refractivity contribution in [2.75, 3.05) is 6.54 Å². The Kier molecular flexibility index (Phi) is 6.06. The van der Waals surface area contributed by atoms with Crippen molar-refractivity contribution >= 4 is 39.1 Å². The van der Waals surface area contributed by atoms with Gasteiger partial charge in [-0.2, -0.15) is 0 Å². The van der Waals surface area contributed by atoms with Gasteiger partial charge in [-0.15, -0.1) is 0 Å². The van der Waals surface area contributed by atoms with E-state index in [0.717, 1.165) is 24.1 Å². The number of rotatable bonds is 5. The molecule has 5 heteroatoms. The highest BCUT2D eigenvalue weighted by Crippen LogP contribution is 2.34. The minimum atomic E-state index is -0.430. The molecule has 0 atom stereocenters. The van der Waals surface area contributed by atoms with Crippen molar-refractivity contribution in [1.29, 1.82) is 0 Å². The first-order valence-corrected chi connectivity index (χ1v) is 8.22. The van der Waals surface area contributed by atoms with Gasteiger partial charge in [-0.05, 0) is 58.2 Å². The van der Waals surface area contributed by atoms with E-state index in [9.17, 15) is 4.39 Å². The summed E-state index contributed by atoms with van der Waals surface area (Å²) < 4.78 is 14.8. The van der Waals surface area contributed by atoms with Gasteiger partial charge < -0.3 is 5.32 Å². The molecule has 0 saturated carbocycles. The fourth-order valence-electron chi connectivity index (χ4n) is 2.03. The Morgan fingerprint density at radius 3 is 2.67 bits per heavy atom. The SMILES string of the molecule is CCCNCc1cc(-c2ccc(Br)c(Cl)c2F)ccc1Cl. The number of benzene rings is 2. The third kappa shape index (κ3) is 3.98. The molecule has 0 fully saturated rings. The normalized spacial score (nSPS) is 10.9. The molecule has 0 radical (unpaired) electrons. The number of nitrogens with one attached hydrogen (secondary N) is 1. The lowest BCUT2D eigenvalue weighted by molar-refractivity contribution is 0.631. The summed E-state index contributed by atoms with van der Waals surface area (Å²) >= 11 is 15.4.